The maximum atomic E-state index is 11.7. The number of esters is 1. The van der Waals surface area contributed by atoms with E-state index in [1.54, 1.807) is 18.2 Å². The van der Waals surface area contributed by atoms with Crippen LogP contribution in [0.15, 0.2) is 30.3 Å². The number of hydrogen-bond acceptors (Lipinski definition) is 2. The van der Waals surface area contributed by atoms with Gasteiger partial charge in [0.05, 0.1) is 0 Å². The highest BCUT2D eigenvalue weighted by Gasteiger charge is 2.12. The van der Waals surface area contributed by atoms with Gasteiger partial charge >= 0.3 is 5.97 Å². The second-order valence-electron chi connectivity index (χ2n) is 2.38. The molecule has 2 nitrogen and oxygen atoms in total. The van der Waals surface area contributed by atoms with Crippen molar-refractivity contribution in [3.05, 3.63) is 30.3 Å². The van der Waals surface area contributed by atoms with Gasteiger partial charge in [-0.05, 0) is 12.1 Å². The molecule has 0 saturated carbocycles. The molecule has 13 heavy (non-hydrogen) atoms. The molecule has 0 aromatic heterocycles. The van der Waals surface area contributed by atoms with E-state index in [1.807, 2.05) is 0 Å². The number of ether oxygens (including phenoxy) is 1. The molecule has 0 unspecified atom stereocenters. The SMILES string of the molecule is O=C(CC(F)F)Oc1ccccc1. The summed E-state index contributed by atoms with van der Waals surface area (Å²) in [6.07, 6.45) is -3.52. The fraction of sp³-hybridized carbons (Fsp3) is 0.222. The largest absolute Gasteiger partial charge is 0.426 e. The lowest BCUT2D eigenvalue weighted by Crippen LogP contribution is -2.11. The number of para-hydroxylation sites is 1. The van der Waals surface area contributed by atoms with Gasteiger partial charge in [-0.1, -0.05) is 18.2 Å². The zero-order valence-electron chi connectivity index (χ0n) is 6.74. The Morgan fingerprint density at radius 2 is 1.92 bits per heavy atom. The van der Waals surface area contributed by atoms with Gasteiger partial charge in [0.15, 0.2) is 0 Å². The quantitative estimate of drug-likeness (QED) is 0.534. The third-order valence-electron chi connectivity index (χ3n) is 1.30. The fourth-order valence-corrected chi connectivity index (χ4v) is 0.788. The monoisotopic (exact) mass is 186 g/mol. The lowest BCUT2D eigenvalue weighted by Gasteiger charge is -2.02. The van der Waals surface area contributed by atoms with Gasteiger partial charge < -0.3 is 4.74 Å². The van der Waals surface area contributed by atoms with E-state index in [1.165, 1.54) is 12.1 Å². The van der Waals surface area contributed by atoms with Crippen molar-refractivity contribution in [1.29, 1.82) is 0 Å². The van der Waals surface area contributed by atoms with Crippen LogP contribution in [-0.4, -0.2) is 12.4 Å². The van der Waals surface area contributed by atoms with Crippen molar-refractivity contribution in [2.24, 2.45) is 0 Å². The molecule has 0 aliphatic rings. The number of carbonyl (C=O) groups excluding carboxylic acids is 1. The number of rotatable bonds is 3. The lowest BCUT2D eigenvalue weighted by molar-refractivity contribution is -0.137. The van der Waals surface area contributed by atoms with Gasteiger partial charge in [-0.25, -0.2) is 8.78 Å². The molecule has 0 aliphatic carbocycles. The number of hydrogen-bond donors (Lipinski definition) is 0. The van der Waals surface area contributed by atoms with Gasteiger partial charge in [0, 0.05) is 0 Å². The molecule has 0 radical (unpaired) electrons. The topological polar surface area (TPSA) is 26.3 Å². The van der Waals surface area contributed by atoms with Crippen LogP contribution < -0.4 is 4.74 Å². The highest BCUT2D eigenvalue weighted by molar-refractivity contribution is 5.72. The van der Waals surface area contributed by atoms with Crippen LogP contribution in [0.5, 0.6) is 5.75 Å². The lowest BCUT2D eigenvalue weighted by atomic mass is 10.3. The molecule has 1 aromatic rings. The van der Waals surface area contributed by atoms with Crippen LogP contribution in [0.25, 0.3) is 0 Å². The summed E-state index contributed by atoms with van der Waals surface area (Å²) in [7, 11) is 0. The van der Waals surface area contributed by atoms with E-state index in [0.29, 0.717) is 0 Å². The molecule has 0 amide bonds. The number of alkyl halides is 2. The second-order valence-corrected chi connectivity index (χ2v) is 2.38. The van der Waals surface area contributed by atoms with Crippen LogP contribution in [0.3, 0.4) is 0 Å². The van der Waals surface area contributed by atoms with Gasteiger partial charge in [0.25, 0.3) is 0 Å². The fourth-order valence-electron chi connectivity index (χ4n) is 0.788. The minimum Gasteiger partial charge on any atom is -0.426 e. The average molecular weight is 186 g/mol. The summed E-state index contributed by atoms with van der Waals surface area (Å²) >= 11 is 0. The smallest absolute Gasteiger partial charge is 0.316 e. The van der Waals surface area contributed by atoms with Crippen LogP contribution in [0.2, 0.25) is 0 Å². The Hall–Kier alpha value is -1.45. The third-order valence-corrected chi connectivity index (χ3v) is 1.30. The molecule has 0 spiro atoms. The van der Waals surface area contributed by atoms with Gasteiger partial charge in [-0.15, -0.1) is 0 Å². The molecule has 4 heteroatoms. The molecule has 0 saturated heterocycles. The maximum Gasteiger partial charge on any atom is 0.316 e. The zero-order valence-corrected chi connectivity index (χ0v) is 6.74. The van der Waals surface area contributed by atoms with Crippen LogP contribution in [-0.2, 0) is 4.79 Å². The first-order valence-electron chi connectivity index (χ1n) is 3.72. The number of benzene rings is 1. The Labute approximate surface area is 74.1 Å². The summed E-state index contributed by atoms with van der Waals surface area (Å²) < 4.78 is 28.0. The third kappa shape index (κ3) is 3.64. The first-order chi connectivity index (χ1) is 6.18. The molecule has 0 N–H and O–H groups in total. The highest BCUT2D eigenvalue weighted by atomic mass is 19.3. The summed E-state index contributed by atoms with van der Waals surface area (Å²) in [6, 6.07) is 8.12. The maximum absolute atomic E-state index is 11.7. The molecule has 70 valence electrons. The number of halogens is 2. The van der Waals surface area contributed by atoms with Gasteiger partial charge in [0.2, 0.25) is 6.43 Å². The van der Waals surface area contributed by atoms with Gasteiger partial charge in [-0.2, -0.15) is 0 Å². The summed E-state index contributed by atoms with van der Waals surface area (Å²) in [4.78, 5) is 10.7. The van der Waals surface area contributed by atoms with Crippen molar-refractivity contribution < 1.29 is 18.3 Å². The molecular formula is C9H8F2O2. The predicted molar refractivity (Wildman–Crippen MR) is 42.7 cm³/mol. The van der Waals surface area contributed by atoms with E-state index in [-0.39, 0.29) is 5.75 Å². The van der Waals surface area contributed by atoms with Gasteiger partial charge in [-0.3, -0.25) is 4.79 Å². The van der Waals surface area contributed by atoms with Crippen LogP contribution in [0.1, 0.15) is 6.42 Å². The minimum atomic E-state index is -2.66. The highest BCUT2D eigenvalue weighted by Crippen LogP contribution is 2.10. The summed E-state index contributed by atoms with van der Waals surface area (Å²) in [6.45, 7) is 0. The van der Waals surface area contributed by atoms with Crippen molar-refractivity contribution in [2.45, 2.75) is 12.8 Å². The van der Waals surface area contributed by atoms with E-state index >= 15 is 0 Å². The van der Waals surface area contributed by atoms with E-state index in [9.17, 15) is 13.6 Å². The first-order valence-corrected chi connectivity index (χ1v) is 3.72. The molecule has 1 rings (SSSR count). The molecular weight excluding hydrogens is 178 g/mol. The molecule has 0 fully saturated rings. The van der Waals surface area contributed by atoms with Crippen LogP contribution in [0.4, 0.5) is 8.78 Å². The van der Waals surface area contributed by atoms with E-state index in [4.69, 9.17) is 0 Å². The number of carbonyl (C=O) groups is 1. The van der Waals surface area contributed by atoms with Crippen LogP contribution in [0, 0.1) is 0 Å². The average Bonchev–Trinajstić information content (AvgIpc) is 2.04. The van der Waals surface area contributed by atoms with E-state index in [0.717, 1.165) is 0 Å². The molecule has 0 atom stereocenters. The summed E-state index contributed by atoms with van der Waals surface area (Å²) in [5.74, 6) is -0.630. The Balaban J connectivity index is 2.46. The van der Waals surface area contributed by atoms with Crippen molar-refractivity contribution >= 4 is 5.97 Å². The summed E-state index contributed by atoms with van der Waals surface area (Å²) in [5.41, 5.74) is 0. The van der Waals surface area contributed by atoms with Crippen molar-refractivity contribution in [2.75, 3.05) is 0 Å². The Bertz CT molecular complexity index is 272. The Morgan fingerprint density at radius 1 is 1.31 bits per heavy atom. The molecule has 0 heterocycles. The Morgan fingerprint density at radius 3 is 2.46 bits per heavy atom. The van der Waals surface area contributed by atoms with Crippen molar-refractivity contribution in [1.82, 2.24) is 0 Å². The Kier molecular flexibility index (Phi) is 3.37. The normalized spacial score (nSPS) is 10.1. The van der Waals surface area contributed by atoms with Crippen molar-refractivity contribution in [3.8, 4) is 5.75 Å². The second kappa shape index (κ2) is 4.54. The molecule has 0 bridgehead atoms. The predicted octanol–water partition coefficient (Wildman–Crippen LogP) is 2.25. The van der Waals surface area contributed by atoms with Gasteiger partial charge in [0.1, 0.15) is 12.2 Å². The zero-order chi connectivity index (χ0) is 9.68. The van der Waals surface area contributed by atoms with E-state index < -0.39 is 18.8 Å². The standard InChI is InChI=1S/C9H8F2O2/c10-8(11)6-9(12)13-7-4-2-1-3-5-7/h1-5,8H,6H2. The van der Waals surface area contributed by atoms with Crippen molar-refractivity contribution in [3.63, 3.8) is 0 Å². The minimum absolute atomic E-state index is 0.285. The first kappa shape index (κ1) is 9.64. The summed E-state index contributed by atoms with van der Waals surface area (Å²) in [5, 5.41) is 0. The molecule has 1 aromatic carbocycles. The van der Waals surface area contributed by atoms with Crippen LogP contribution >= 0.6 is 0 Å². The molecule has 0 aliphatic heterocycles. The van der Waals surface area contributed by atoms with E-state index in [2.05, 4.69) is 4.74 Å².